The van der Waals surface area contributed by atoms with E-state index in [0.29, 0.717) is 0 Å². The summed E-state index contributed by atoms with van der Waals surface area (Å²) in [6.07, 6.45) is 1.42. The SMILES string of the molecule is CNC(/N=C/N(C)C)=N\[N+](=O)[O-]. The fourth-order valence-electron chi connectivity index (χ4n) is 0.388. The van der Waals surface area contributed by atoms with Crippen molar-refractivity contribution in [3.63, 3.8) is 0 Å². The smallest absolute Gasteiger partial charge is 0.296 e. The summed E-state index contributed by atoms with van der Waals surface area (Å²) in [5, 5.41) is 14.5. The van der Waals surface area contributed by atoms with Gasteiger partial charge in [-0.15, -0.1) is 0 Å². The van der Waals surface area contributed by atoms with Gasteiger partial charge in [0.1, 0.15) is 5.10 Å². The van der Waals surface area contributed by atoms with Crippen molar-refractivity contribution in [1.82, 2.24) is 10.2 Å². The van der Waals surface area contributed by atoms with Crippen molar-refractivity contribution < 1.29 is 5.03 Å². The summed E-state index contributed by atoms with van der Waals surface area (Å²) in [4.78, 5) is 15.2. The van der Waals surface area contributed by atoms with Crippen LogP contribution in [0.4, 0.5) is 0 Å². The first-order valence-corrected chi connectivity index (χ1v) is 3.17. The lowest BCUT2D eigenvalue weighted by atomic mass is 10.9. The maximum absolute atomic E-state index is 9.90. The van der Waals surface area contributed by atoms with Crippen molar-refractivity contribution >= 4 is 12.3 Å². The summed E-state index contributed by atoms with van der Waals surface area (Å²) >= 11 is 0. The van der Waals surface area contributed by atoms with Crippen LogP contribution in [0.5, 0.6) is 0 Å². The normalized spacial score (nSPS) is 11.8. The fourth-order valence-corrected chi connectivity index (χ4v) is 0.388. The number of hydrogen-bond acceptors (Lipinski definition) is 2. The van der Waals surface area contributed by atoms with Crippen LogP contribution in [0.25, 0.3) is 0 Å². The monoisotopic (exact) mass is 173 g/mol. The average molecular weight is 173 g/mol. The summed E-state index contributed by atoms with van der Waals surface area (Å²) in [5.74, 6) is -0.0336. The predicted molar refractivity (Wildman–Crippen MR) is 45.7 cm³/mol. The van der Waals surface area contributed by atoms with E-state index in [9.17, 15) is 10.1 Å². The Morgan fingerprint density at radius 3 is 2.58 bits per heavy atom. The lowest BCUT2D eigenvalue weighted by molar-refractivity contribution is -0.485. The topological polar surface area (TPSA) is 83.1 Å². The van der Waals surface area contributed by atoms with E-state index >= 15 is 0 Å². The van der Waals surface area contributed by atoms with E-state index in [1.807, 2.05) is 0 Å². The van der Waals surface area contributed by atoms with Crippen molar-refractivity contribution in [1.29, 1.82) is 0 Å². The Kier molecular flexibility index (Phi) is 4.35. The standard InChI is InChI=1S/C5H11N5O2/c1-6-5(8-10(11)12)7-4-9(2)3/h4H,1-3H3,(H,6,8)/b7-4+. The summed E-state index contributed by atoms with van der Waals surface area (Å²) in [6.45, 7) is 0. The van der Waals surface area contributed by atoms with Gasteiger partial charge < -0.3 is 10.2 Å². The van der Waals surface area contributed by atoms with E-state index in [1.54, 1.807) is 19.0 Å². The molecule has 0 unspecified atom stereocenters. The molecule has 1 N–H and O–H groups in total. The van der Waals surface area contributed by atoms with E-state index in [-0.39, 0.29) is 5.96 Å². The van der Waals surface area contributed by atoms with Crippen LogP contribution in [0.1, 0.15) is 0 Å². The Morgan fingerprint density at radius 1 is 1.67 bits per heavy atom. The number of nitrogens with zero attached hydrogens (tertiary/aromatic N) is 4. The molecule has 0 rings (SSSR count). The van der Waals surface area contributed by atoms with E-state index in [4.69, 9.17) is 0 Å². The zero-order valence-electron chi connectivity index (χ0n) is 7.18. The van der Waals surface area contributed by atoms with Crippen LogP contribution >= 0.6 is 0 Å². The first kappa shape index (κ1) is 10.3. The Bertz CT molecular complexity index is 210. The van der Waals surface area contributed by atoms with Gasteiger partial charge in [-0.25, -0.2) is 10.1 Å². The van der Waals surface area contributed by atoms with Gasteiger partial charge in [-0.3, -0.25) is 0 Å². The number of guanidine groups is 1. The second-order valence-corrected chi connectivity index (χ2v) is 2.12. The van der Waals surface area contributed by atoms with Gasteiger partial charge in [-0.05, 0) is 0 Å². The maximum atomic E-state index is 9.90. The Hall–Kier alpha value is -1.66. The molecule has 0 saturated heterocycles. The van der Waals surface area contributed by atoms with Gasteiger partial charge >= 0.3 is 0 Å². The van der Waals surface area contributed by atoms with Crippen molar-refractivity contribution in [3.05, 3.63) is 10.1 Å². The largest absolute Gasteiger partial charge is 0.369 e. The third-order valence-corrected chi connectivity index (χ3v) is 0.811. The third-order valence-electron chi connectivity index (χ3n) is 0.811. The van der Waals surface area contributed by atoms with Crippen LogP contribution in [0.2, 0.25) is 0 Å². The highest BCUT2D eigenvalue weighted by atomic mass is 16.7. The van der Waals surface area contributed by atoms with Crippen LogP contribution in [-0.2, 0) is 0 Å². The summed E-state index contributed by atoms with van der Waals surface area (Å²) in [7, 11) is 5.02. The predicted octanol–water partition coefficient (Wildman–Crippen LogP) is -0.657. The van der Waals surface area contributed by atoms with Crippen molar-refractivity contribution in [2.75, 3.05) is 21.1 Å². The number of nitrogens with one attached hydrogen (secondary N) is 1. The van der Waals surface area contributed by atoms with Gasteiger partial charge in [0.05, 0.1) is 6.34 Å². The molecule has 0 heterocycles. The van der Waals surface area contributed by atoms with Crippen LogP contribution in [-0.4, -0.2) is 43.4 Å². The van der Waals surface area contributed by atoms with Crippen LogP contribution in [0.15, 0.2) is 10.1 Å². The van der Waals surface area contributed by atoms with Gasteiger partial charge in [-0.2, -0.15) is 4.99 Å². The molecule has 0 radical (unpaired) electrons. The number of aliphatic imine (C=N–C) groups is 1. The molecular weight excluding hydrogens is 162 g/mol. The first-order chi connectivity index (χ1) is 5.56. The molecule has 0 aromatic heterocycles. The zero-order chi connectivity index (χ0) is 9.56. The van der Waals surface area contributed by atoms with Gasteiger partial charge in [0.15, 0.2) is 5.03 Å². The summed E-state index contributed by atoms with van der Waals surface area (Å²) in [5.41, 5.74) is 0. The average Bonchev–Trinajstić information content (AvgIpc) is 1.97. The van der Waals surface area contributed by atoms with Crippen LogP contribution in [0.3, 0.4) is 0 Å². The Labute approximate surface area is 69.9 Å². The third kappa shape index (κ3) is 5.15. The Morgan fingerprint density at radius 2 is 2.25 bits per heavy atom. The molecule has 12 heavy (non-hydrogen) atoms. The quantitative estimate of drug-likeness (QED) is 0.260. The van der Waals surface area contributed by atoms with E-state index in [1.165, 1.54) is 13.4 Å². The van der Waals surface area contributed by atoms with Crippen LogP contribution < -0.4 is 5.32 Å². The number of hydrogen-bond donors (Lipinski definition) is 1. The van der Waals surface area contributed by atoms with Gasteiger partial charge in [0, 0.05) is 21.1 Å². The highest BCUT2D eigenvalue weighted by Crippen LogP contribution is 1.77. The molecule has 7 heteroatoms. The minimum atomic E-state index is -0.807. The summed E-state index contributed by atoms with van der Waals surface area (Å²) in [6, 6.07) is 0. The molecule has 0 aliphatic rings. The fraction of sp³-hybridized carbons (Fsp3) is 0.600. The molecule has 0 fully saturated rings. The molecule has 0 spiro atoms. The zero-order valence-corrected chi connectivity index (χ0v) is 7.18. The van der Waals surface area contributed by atoms with E-state index < -0.39 is 5.03 Å². The molecular formula is C5H11N5O2. The van der Waals surface area contributed by atoms with Crippen molar-refractivity contribution in [3.8, 4) is 0 Å². The molecule has 0 bridgehead atoms. The Balaban J connectivity index is 4.27. The van der Waals surface area contributed by atoms with Gasteiger partial charge in [-0.1, -0.05) is 0 Å². The number of hydrazone groups is 1. The lowest BCUT2D eigenvalue weighted by Crippen LogP contribution is -2.20. The first-order valence-electron chi connectivity index (χ1n) is 3.17. The maximum Gasteiger partial charge on any atom is 0.296 e. The second-order valence-electron chi connectivity index (χ2n) is 2.12. The summed E-state index contributed by atoms with van der Waals surface area (Å²) < 4.78 is 0. The van der Waals surface area contributed by atoms with Gasteiger partial charge in [0.2, 0.25) is 0 Å². The van der Waals surface area contributed by atoms with Gasteiger partial charge in [0.25, 0.3) is 5.96 Å². The highest BCUT2D eigenvalue weighted by Gasteiger charge is 1.97. The highest BCUT2D eigenvalue weighted by molar-refractivity contribution is 5.86. The minimum absolute atomic E-state index is 0.0336. The molecule has 0 saturated carbocycles. The second kappa shape index (κ2) is 5.05. The minimum Gasteiger partial charge on any atom is -0.369 e. The molecule has 68 valence electrons. The molecule has 0 aliphatic heterocycles. The number of rotatable bonds is 2. The van der Waals surface area contributed by atoms with Crippen LogP contribution in [0, 0.1) is 10.1 Å². The molecule has 0 aliphatic carbocycles. The molecule has 0 amide bonds. The van der Waals surface area contributed by atoms with E-state index in [2.05, 4.69) is 15.4 Å². The van der Waals surface area contributed by atoms with Crippen molar-refractivity contribution in [2.24, 2.45) is 10.1 Å². The molecule has 7 nitrogen and oxygen atoms in total. The van der Waals surface area contributed by atoms with Crippen molar-refractivity contribution in [2.45, 2.75) is 0 Å². The molecule has 0 aromatic rings. The molecule has 0 aromatic carbocycles. The number of nitro groups is 1. The molecule has 0 atom stereocenters. The van der Waals surface area contributed by atoms with E-state index in [0.717, 1.165) is 0 Å². The lowest BCUT2D eigenvalue weighted by Gasteiger charge is -2.01.